The van der Waals surface area contributed by atoms with Gasteiger partial charge in [-0.1, -0.05) is 0 Å². The van der Waals surface area contributed by atoms with Gasteiger partial charge >= 0.3 is 0 Å². The number of carbonyl (C=O) groups excluding carboxylic acids is 1. The highest BCUT2D eigenvalue weighted by atomic mass is 16.5. The molecule has 0 spiro atoms. The molecule has 4 heteroatoms. The van der Waals surface area contributed by atoms with Crippen molar-refractivity contribution in [3.05, 3.63) is 18.0 Å². The Morgan fingerprint density at radius 3 is 3.19 bits per heavy atom. The molecular weight excluding hydrogens is 204 g/mol. The van der Waals surface area contributed by atoms with Gasteiger partial charge in [-0.2, -0.15) is 5.10 Å². The van der Waals surface area contributed by atoms with Crippen molar-refractivity contribution in [1.29, 1.82) is 0 Å². The van der Waals surface area contributed by atoms with Crippen molar-refractivity contribution in [3.63, 3.8) is 0 Å². The van der Waals surface area contributed by atoms with Gasteiger partial charge in [0.15, 0.2) is 0 Å². The van der Waals surface area contributed by atoms with E-state index in [2.05, 4.69) is 5.10 Å². The third kappa shape index (κ3) is 2.92. The number of ether oxygens (including phenoxy) is 1. The van der Waals surface area contributed by atoms with E-state index >= 15 is 0 Å². The van der Waals surface area contributed by atoms with Crippen molar-refractivity contribution < 1.29 is 9.53 Å². The quantitative estimate of drug-likeness (QED) is 0.758. The van der Waals surface area contributed by atoms with Gasteiger partial charge in [-0.15, -0.1) is 0 Å². The van der Waals surface area contributed by atoms with Crippen molar-refractivity contribution in [2.75, 3.05) is 6.61 Å². The number of ketones is 1. The van der Waals surface area contributed by atoms with Gasteiger partial charge in [0.2, 0.25) is 0 Å². The zero-order valence-corrected chi connectivity index (χ0v) is 9.69. The summed E-state index contributed by atoms with van der Waals surface area (Å²) in [4.78, 5) is 11.7. The maximum atomic E-state index is 11.7. The zero-order chi connectivity index (χ0) is 11.4. The van der Waals surface area contributed by atoms with Gasteiger partial charge < -0.3 is 4.74 Å². The first-order chi connectivity index (χ1) is 7.75. The molecule has 0 saturated carbocycles. The number of Topliss-reactive ketones (excluding diaryl/α,β-unsaturated/α-hetero) is 1. The number of aromatic nitrogens is 2. The number of aryl methyl sites for hydroxylation is 2. The molecule has 0 bridgehead atoms. The van der Waals surface area contributed by atoms with Crippen LogP contribution >= 0.6 is 0 Å². The number of carbonyl (C=O) groups is 1. The van der Waals surface area contributed by atoms with Gasteiger partial charge in [-0.3, -0.25) is 9.48 Å². The van der Waals surface area contributed by atoms with Crippen LogP contribution in [-0.4, -0.2) is 28.3 Å². The van der Waals surface area contributed by atoms with Gasteiger partial charge in [0.05, 0.1) is 6.10 Å². The smallest absolute Gasteiger partial charge is 0.135 e. The predicted octanol–water partition coefficient (Wildman–Crippen LogP) is 1.49. The van der Waals surface area contributed by atoms with Crippen molar-refractivity contribution in [2.45, 2.75) is 38.2 Å². The molecule has 88 valence electrons. The molecule has 1 atom stereocenters. The summed E-state index contributed by atoms with van der Waals surface area (Å²) in [6.07, 6.45) is 6.04. The van der Waals surface area contributed by atoms with Crippen molar-refractivity contribution >= 4 is 5.78 Å². The summed E-state index contributed by atoms with van der Waals surface area (Å²) < 4.78 is 7.26. The van der Waals surface area contributed by atoms with Crippen LogP contribution in [-0.2, 0) is 23.0 Å². The van der Waals surface area contributed by atoms with E-state index in [-0.39, 0.29) is 6.10 Å². The van der Waals surface area contributed by atoms with Crippen LogP contribution in [0.1, 0.15) is 31.4 Å². The Balaban J connectivity index is 1.73. The highest BCUT2D eigenvalue weighted by Gasteiger charge is 2.18. The Bertz CT molecular complexity index is 354. The van der Waals surface area contributed by atoms with Crippen LogP contribution < -0.4 is 0 Å². The third-order valence-corrected chi connectivity index (χ3v) is 3.06. The Kier molecular flexibility index (Phi) is 3.72. The fourth-order valence-corrected chi connectivity index (χ4v) is 2.08. The minimum Gasteiger partial charge on any atom is -0.378 e. The lowest BCUT2D eigenvalue weighted by atomic mass is 10.1. The fourth-order valence-electron chi connectivity index (χ4n) is 2.08. The number of hydrogen-bond acceptors (Lipinski definition) is 3. The van der Waals surface area contributed by atoms with Gasteiger partial charge in [0, 0.05) is 38.4 Å². The van der Waals surface area contributed by atoms with E-state index in [1.165, 1.54) is 0 Å². The summed E-state index contributed by atoms with van der Waals surface area (Å²) in [6.45, 7) is 0.819. The van der Waals surface area contributed by atoms with Crippen molar-refractivity contribution in [2.24, 2.45) is 7.05 Å². The molecule has 2 rings (SSSR count). The normalized spacial score (nSPS) is 20.2. The highest BCUT2D eigenvalue weighted by Crippen LogP contribution is 2.16. The van der Waals surface area contributed by atoms with Gasteiger partial charge in [0.1, 0.15) is 5.78 Å². The Morgan fingerprint density at radius 1 is 1.69 bits per heavy atom. The molecule has 1 saturated heterocycles. The topological polar surface area (TPSA) is 44.1 Å². The largest absolute Gasteiger partial charge is 0.378 e. The van der Waals surface area contributed by atoms with E-state index in [4.69, 9.17) is 4.74 Å². The average molecular weight is 222 g/mol. The molecule has 1 aliphatic rings. The highest BCUT2D eigenvalue weighted by molar-refractivity contribution is 5.79. The van der Waals surface area contributed by atoms with E-state index in [0.717, 1.165) is 31.6 Å². The van der Waals surface area contributed by atoms with E-state index in [1.807, 2.05) is 17.8 Å². The van der Waals surface area contributed by atoms with Crippen LogP contribution in [0.25, 0.3) is 0 Å². The molecular formula is C12H18N2O2. The van der Waals surface area contributed by atoms with Gasteiger partial charge in [-0.05, 0) is 25.3 Å². The molecule has 0 amide bonds. The van der Waals surface area contributed by atoms with Crippen LogP contribution in [0.5, 0.6) is 0 Å². The first kappa shape index (κ1) is 11.3. The molecule has 1 aliphatic heterocycles. The second-order valence-corrected chi connectivity index (χ2v) is 4.32. The van der Waals surface area contributed by atoms with Gasteiger partial charge in [-0.25, -0.2) is 0 Å². The molecule has 0 N–H and O–H groups in total. The average Bonchev–Trinajstić information content (AvgIpc) is 2.87. The molecule has 0 radical (unpaired) electrons. The standard InChI is InChI=1S/C12H18N2O2/c1-14-10(6-7-13-14)4-5-11(15)9-12-3-2-8-16-12/h6-7,12H,2-5,8-9H2,1H3. The zero-order valence-electron chi connectivity index (χ0n) is 9.69. The minimum atomic E-state index is 0.180. The molecule has 2 heterocycles. The molecule has 0 aliphatic carbocycles. The fraction of sp³-hybridized carbons (Fsp3) is 0.667. The SMILES string of the molecule is Cn1nccc1CCC(=O)CC1CCCO1. The van der Waals surface area contributed by atoms with Crippen LogP contribution in [0.3, 0.4) is 0 Å². The minimum absolute atomic E-state index is 0.180. The van der Waals surface area contributed by atoms with Crippen molar-refractivity contribution in [1.82, 2.24) is 9.78 Å². The summed E-state index contributed by atoms with van der Waals surface area (Å²) >= 11 is 0. The Labute approximate surface area is 95.6 Å². The lowest BCUT2D eigenvalue weighted by Crippen LogP contribution is -2.13. The maximum absolute atomic E-state index is 11.7. The van der Waals surface area contributed by atoms with Gasteiger partial charge in [0.25, 0.3) is 0 Å². The monoisotopic (exact) mass is 222 g/mol. The van der Waals surface area contributed by atoms with Crippen LogP contribution in [0, 0.1) is 0 Å². The Hall–Kier alpha value is -1.16. The summed E-state index contributed by atoms with van der Waals surface area (Å²) in [5.41, 5.74) is 1.11. The van der Waals surface area contributed by atoms with Crippen LogP contribution in [0.2, 0.25) is 0 Å². The summed E-state index contributed by atoms with van der Waals surface area (Å²) in [5, 5.41) is 4.08. The molecule has 0 aromatic carbocycles. The second-order valence-electron chi connectivity index (χ2n) is 4.32. The Morgan fingerprint density at radius 2 is 2.56 bits per heavy atom. The summed E-state index contributed by atoms with van der Waals surface area (Å²) in [7, 11) is 1.90. The van der Waals surface area contributed by atoms with Crippen LogP contribution in [0.4, 0.5) is 0 Å². The number of rotatable bonds is 5. The lowest BCUT2D eigenvalue weighted by Gasteiger charge is -2.07. The summed E-state index contributed by atoms with van der Waals surface area (Å²) in [6, 6.07) is 1.96. The molecule has 1 aromatic rings. The number of nitrogens with zero attached hydrogens (tertiary/aromatic N) is 2. The molecule has 4 nitrogen and oxygen atoms in total. The molecule has 1 aromatic heterocycles. The summed E-state index contributed by atoms with van der Waals surface area (Å²) in [5.74, 6) is 0.299. The van der Waals surface area contributed by atoms with E-state index < -0.39 is 0 Å². The predicted molar refractivity (Wildman–Crippen MR) is 60.1 cm³/mol. The number of hydrogen-bond donors (Lipinski definition) is 0. The van der Waals surface area contributed by atoms with Crippen LogP contribution in [0.15, 0.2) is 12.3 Å². The van der Waals surface area contributed by atoms with E-state index in [9.17, 15) is 4.79 Å². The maximum Gasteiger partial charge on any atom is 0.135 e. The molecule has 1 unspecified atom stereocenters. The van der Waals surface area contributed by atoms with E-state index in [1.54, 1.807) is 6.20 Å². The van der Waals surface area contributed by atoms with E-state index in [0.29, 0.717) is 18.6 Å². The lowest BCUT2D eigenvalue weighted by molar-refractivity contribution is -0.121. The first-order valence-corrected chi connectivity index (χ1v) is 5.86. The molecule has 16 heavy (non-hydrogen) atoms. The molecule has 1 fully saturated rings. The first-order valence-electron chi connectivity index (χ1n) is 5.86. The second kappa shape index (κ2) is 5.25. The third-order valence-electron chi connectivity index (χ3n) is 3.06. The van der Waals surface area contributed by atoms with Crippen molar-refractivity contribution in [3.8, 4) is 0 Å².